The van der Waals surface area contributed by atoms with Gasteiger partial charge >= 0.3 is 0 Å². The maximum absolute atomic E-state index is 4.20. The van der Waals surface area contributed by atoms with Crippen molar-refractivity contribution in [3.05, 3.63) is 66.7 Å². The molecule has 0 atom stereocenters. The van der Waals surface area contributed by atoms with Gasteiger partial charge in [0.15, 0.2) is 0 Å². The Morgan fingerprint density at radius 2 is 1.88 bits per heavy atom. The molecule has 1 aromatic carbocycles. The summed E-state index contributed by atoms with van der Waals surface area (Å²) < 4.78 is 1.76. The first-order chi connectivity index (χ1) is 12.4. The fraction of sp³-hybridized carbons (Fsp3) is 0.316. The molecule has 2 aromatic heterocycles. The standard InChI is InChI=1S/C19H22N6/c1-2-16(14-20-9-1)15-24-11-7-18(8-12-24)22-17-3-5-19(6-4-17)25-13-10-21-23-25/h1-6,9-10,13-14,18,22H,7-8,11-12,15H2. The quantitative estimate of drug-likeness (QED) is 0.777. The molecule has 0 bridgehead atoms. The number of hydrogen-bond acceptors (Lipinski definition) is 5. The minimum Gasteiger partial charge on any atom is -0.382 e. The number of nitrogens with one attached hydrogen (secondary N) is 1. The lowest BCUT2D eigenvalue weighted by molar-refractivity contribution is 0.211. The summed E-state index contributed by atoms with van der Waals surface area (Å²) in [6.07, 6.45) is 9.64. The third-order valence-electron chi connectivity index (χ3n) is 4.64. The zero-order valence-electron chi connectivity index (χ0n) is 14.1. The monoisotopic (exact) mass is 334 g/mol. The maximum atomic E-state index is 4.20. The van der Waals surface area contributed by atoms with Gasteiger partial charge in [-0.05, 0) is 48.7 Å². The number of nitrogens with zero attached hydrogens (tertiary/aromatic N) is 5. The van der Waals surface area contributed by atoms with E-state index < -0.39 is 0 Å². The highest BCUT2D eigenvalue weighted by atomic mass is 15.4. The normalized spacial score (nSPS) is 16.0. The first kappa shape index (κ1) is 15.8. The highest BCUT2D eigenvalue weighted by Crippen LogP contribution is 2.19. The third-order valence-corrected chi connectivity index (χ3v) is 4.64. The molecule has 0 aliphatic carbocycles. The lowest BCUT2D eigenvalue weighted by Crippen LogP contribution is -2.38. The van der Waals surface area contributed by atoms with E-state index in [0.717, 1.165) is 43.9 Å². The van der Waals surface area contributed by atoms with Crippen LogP contribution in [-0.4, -0.2) is 44.0 Å². The topological polar surface area (TPSA) is 58.9 Å². The molecule has 3 heterocycles. The predicted octanol–water partition coefficient (Wildman–Crippen LogP) is 2.74. The first-order valence-corrected chi connectivity index (χ1v) is 8.71. The van der Waals surface area contributed by atoms with E-state index in [0.29, 0.717) is 6.04 Å². The summed E-state index contributed by atoms with van der Waals surface area (Å²) in [4.78, 5) is 6.70. The molecule has 1 aliphatic heterocycles. The van der Waals surface area contributed by atoms with Gasteiger partial charge in [-0.3, -0.25) is 9.88 Å². The van der Waals surface area contributed by atoms with Crippen molar-refractivity contribution in [3.8, 4) is 5.69 Å². The number of rotatable bonds is 5. The van der Waals surface area contributed by atoms with Crippen molar-refractivity contribution >= 4 is 5.69 Å². The van der Waals surface area contributed by atoms with E-state index in [-0.39, 0.29) is 0 Å². The Labute approximate surface area is 147 Å². The Morgan fingerprint density at radius 1 is 1.04 bits per heavy atom. The van der Waals surface area contributed by atoms with Gasteiger partial charge in [0.05, 0.1) is 18.1 Å². The Kier molecular flexibility index (Phi) is 4.70. The van der Waals surface area contributed by atoms with Crippen LogP contribution >= 0.6 is 0 Å². The Hall–Kier alpha value is -2.73. The number of aromatic nitrogens is 4. The second kappa shape index (κ2) is 7.44. The lowest BCUT2D eigenvalue weighted by atomic mass is 10.0. The van der Waals surface area contributed by atoms with Gasteiger partial charge in [-0.1, -0.05) is 11.3 Å². The van der Waals surface area contributed by atoms with E-state index in [4.69, 9.17) is 0 Å². The number of benzene rings is 1. The molecule has 128 valence electrons. The molecular weight excluding hydrogens is 312 g/mol. The molecule has 1 saturated heterocycles. The molecule has 0 spiro atoms. The molecule has 25 heavy (non-hydrogen) atoms. The van der Waals surface area contributed by atoms with Crippen LogP contribution in [0.4, 0.5) is 5.69 Å². The Bertz CT molecular complexity index is 761. The zero-order valence-corrected chi connectivity index (χ0v) is 14.1. The molecule has 0 amide bonds. The van der Waals surface area contributed by atoms with Gasteiger partial charge < -0.3 is 5.32 Å². The molecule has 3 aromatic rings. The van der Waals surface area contributed by atoms with Gasteiger partial charge in [0, 0.05) is 43.8 Å². The van der Waals surface area contributed by atoms with Gasteiger partial charge in [-0.25, -0.2) is 4.68 Å². The van der Waals surface area contributed by atoms with Crippen molar-refractivity contribution in [2.75, 3.05) is 18.4 Å². The molecule has 0 unspecified atom stereocenters. The minimum absolute atomic E-state index is 0.530. The Morgan fingerprint density at radius 3 is 2.56 bits per heavy atom. The summed E-state index contributed by atoms with van der Waals surface area (Å²) in [6, 6.07) is 13.0. The van der Waals surface area contributed by atoms with Crippen LogP contribution in [0.1, 0.15) is 18.4 Å². The minimum atomic E-state index is 0.530. The molecule has 4 rings (SSSR count). The van der Waals surface area contributed by atoms with Gasteiger partial charge in [0.1, 0.15) is 0 Å². The molecule has 6 nitrogen and oxygen atoms in total. The van der Waals surface area contributed by atoms with Crippen LogP contribution in [0.2, 0.25) is 0 Å². The fourth-order valence-corrected chi connectivity index (χ4v) is 3.28. The van der Waals surface area contributed by atoms with Crippen LogP contribution in [0, 0.1) is 0 Å². The summed E-state index contributed by atoms with van der Waals surface area (Å²) in [5.74, 6) is 0. The molecular formula is C19H22N6. The van der Waals surface area contributed by atoms with Crippen LogP contribution in [0.25, 0.3) is 5.69 Å². The van der Waals surface area contributed by atoms with Crippen LogP contribution in [0.3, 0.4) is 0 Å². The Balaban J connectivity index is 1.28. The summed E-state index contributed by atoms with van der Waals surface area (Å²) in [7, 11) is 0. The molecule has 1 N–H and O–H groups in total. The van der Waals surface area contributed by atoms with E-state index in [1.54, 1.807) is 10.9 Å². The van der Waals surface area contributed by atoms with Crippen LogP contribution in [-0.2, 0) is 6.54 Å². The maximum Gasteiger partial charge on any atom is 0.0697 e. The summed E-state index contributed by atoms with van der Waals surface area (Å²) in [5, 5.41) is 11.5. The first-order valence-electron chi connectivity index (χ1n) is 8.71. The molecule has 0 radical (unpaired) electrons. The summed E-state index contributed by atoms with van der Waals surface area (Å²) in [6.45, 7) is 3.22. The summed E-state index contributed by atoms with van der Waals surface area (Å²) in [5.41, 5.74) is 3.47. The fourth-order valence-electron chi connectivity index (χ4n) is 3.28. The van der Waals surface area contributed by atoms with E-state index in [1.165, 1.54) is 5.56 Å². The van der Waals surface area contributed by atoms with Crippen LogP contribution in [0.5, 0.6) is 0 Å². The smallest absolute Gasteiger partial charge is 0.0697 e. The molecule has 1 fully saturated rings. The molecule has 0 saturated carbocycles. The highest BCUT2D eigenvalue weighted by Gasteiger charge is 2.19. The molecule has 6 heteroatoms. The molecule has 1 aliphatic rings. The van der Waals surface area contributed by atoms with Gasteiger partial charge in [-0.15, -0.1) is 5.10 Å². The van der Waals surface area contributed by atoms with Crippen molar-refractivity contribution in [1.29, 1.82) is 0 Å². The SMILES string of the molecule is c1cncc(CN2CCC(Nc3ccc(-n4ccnn4)cc3)CC2)c1. The van der Waals surface area contributed by atoms with Gasteiger partial charge in [-0.2, -0.15) is 0 Å². The zero-order chi connectivity index (χ0) is 16.9. The summed E-state index contributed by atoms with van der Waals surface area (Å²) >= 11 is 0. The number of likely N-dealkylation sites (tertiary alicyclic amines) is 1. The average Bonchev–Trinajstić information content (AvgIpc) is 3.20. The van der Waals surface area contributed by atoms with Crippen molar-refractivity contribution in [1.82, 2.24) is 24.9 Å². The number of anilines is 1. The van der Waals surface area contributed by atoms with Gasteiger partial charge in [0.2, 0.25) is 0 Å². The number of pyridine rings is 1. The largest absolute Gasteiger partial charge is 0.382 e. The van der Waals surface area contributed by atoms with Crippen molar-refractivity contribution in [3.63, 3.8) is 0 Å². The van der Waals surface area contributed by atoms with E-state index in [1.807, 2.05) is 24.7 Å². The second-order valence-corrected chi connectivity index (χ2v) is 6.45. The van der Waals surface area contributed by atoms with Crippen molar-refractivity contribution in [2.24, 2.45) is 0 Å². The van der Waals surface area contributed by atoms with Crippen LogP contribution in [0.15, 0.2) is 61.2 Å². The predicted molar refractivity (Wildman–Crippen MR) is 97.5 cm³/mol. The lowest BCUT2D eigenvalue weighted by Gasteiger charge is -2.32. The van der Waals surface area contributed by atoms with E-state index in [9.17, 15) is 0 Å². The van der Waals surface area contributed by atoms with E-state index in [2.05, 4.69) is 55.8 Å². The second-order valence-electron chi connectivity index (χ2n) is 6.45. The number of piperidine rings is 1. The van der Waals surface area contributed by atoms with E-state index >= 15 is 0 Å². The average molecular weight is 334 g/mol. The van der Waals surface area contributed by atoms with Crippen LogP contribution < -0.4 is 5.32 Å². The van der Waals surface area contributed by atoms with Crippen molar-refractivity contribution in [2.45, 2.75) is 25.4 Å². The third kappa shape index (κ3) is 4.03. The number of hydrogen-bond donors (Lipinski definition) is 1. The highest BCUT2D eigenvalue weighted by molar-refractivity contribution is 5.49. The van der Waals surface area contributed by atoms with Gasteiger partial charge in [0.25, 0.3) is 0 Å². The van der Waals surface area contributed by atoms with Crippen molar-refractivity contribution < 1.29 is 0 Å².